The van der Waals surface area contributed by atoms with Crippen molar-refractivity contribution < 1.29 is 24.6 Å². The van der Waals surface area contributed by atoms with Gasteiger partial charge in [0.2, 0.25) is 11.8 Å². The SMILES string of the molecule is CCCCNC(=O)N(CCC)N1CC(=O)N2[C@@H](Cc3ccc(O)c(O)c3)C(=O)N(Cc3cccc4sc(N)nc34)C[C@@H]21. The number of phenolic OH excluding ortho intramolecular Hbond substituents is 2. The maximum absolute atomic E-state index is 14.1. The number of thiazole rings is 1. The van der Waals surface area contributed by atoms with Crippen molar-refractivity contribution >= 4 is 44.5 Å². The molecular formula is C29H37N7O5S. The number of unbranched alkanes of at least 4 members (excludes halogenated alkanes) is 1. The zero-order chi connectivity index (χ0) is 30.0. The molecule has 2 aromatic carbocycles. The molecule has 1 aromatic heterocycles. The van der Waals surface area contributed by atoms with Crippen LogP contribution in [0.1, 0.15) is 44.2 Å². The van der Waals surface area contributed by atoms with Crippen LogP contribution in [0.15, 0.2) is 36.4 Å². The fourth-order valence-corrected chi connectivity index (χ4v) is 6.47. The molecule has 2 aliphatic rings. The van der Waals surface area contributed by atoms with Crippen molar-refractivity contribution in [1.29, 1.82) is 0 Å². The number of nitrogens with two attached hydrogens (primary N) is 1. The molecule has 0 bridgehead atoms. The van der Waals surface area contributed by atoms with Crippen LogP contribution < -0.4 is 11.1 Å². The average molecular weight is 596 g/mol. The molecule has 42 heavy (non-hydrogen) atoms. The van der Waals surface area contributed by atoms with E-state index >= 15 is 0 Å². The highest BCUT2D eigenvalue weighted by Crippen LogP contribution is 2.33. The molecule has 0 saturated carbocycles. The largest absolute Gasteiger partial charge is 0.504 e. The monoisotopic (exact) mass is 595 g/mol. The Morgan fingerprint density at radius 3 is 2.71 bits per heavy atom. The maximum atomic E-state index is 14.1. The Bertz CT molecular complexity index is 1480. The number of amides is 4. The van der Waals surface area contributed by atoms with E-state index in [1.54, 1.807) is 25.9 Å². The summed E-state index contributed by atoms with van der Waals surface area (Å²) < 4.78 is 0.919. The molecule has 0 aliphatic carbocycles. The topological polar surface area (TPSA) is 156 Å². The minimum absolute atomic E-state index is 0.0392. The number of benzene rings is 2. The summed E-state index contributed by atoms with van der Waals surface area (Å²) in [7, 11) is 0. The normalized spacial score (nSPS) is 19.0. The van der Waals surface area contributed by atoms with E-state index in [1.165, 1.54) is 23.5 Å². The molecule has 12 nitrogen and oxygen atoms in total. The smallest absolute Gasteiger partial charge is 0.332 e. The summed E-state index contributed by atoms with van der Waals surface area (Å²) in [6.45, 7) is 5.37. The molecule has 0 unspecified atom stereocenters. The third kappa shape index (κ3) is 5.79. The Kier molecular flexibility index (Phi) is 8.69. The number of phenols is 2. The number of hydrazine groups is 1. The quantitative estimate of drug-likeness (QED) is 0.206. The van der Waals surface area contributed by atoms with Crippen molar-refractivity contribution in [2.45, 2.75) is 58.3 Å². The first-order valence-corrected chi connectivity index (χ1v) is 15.1. The van der Waals surface area contributed by atoms with Crippen molar-refractivity contribution in [3.63, 3.8) is 0 Å². The molecule has 3 aromatic rings. The molecule has 0 spiro atoms. The zero-order valence-corrected chi connectivity index (χ0v) is 24.6. The van der Waals surface area contributed by atoms with Crippen LogP contribution in [-0.2, 0) is 22.6 Å². The summed E-state index contributed by atoms with van der Waals surface area (Å²) in [6, 6.07) is 8.99. The van der Waals surface area contributed by atoms with Gasteiger partial charge in [-0.1, -0.05) is 49.8 Å². The number of urea groups is 1. The van der Waals surface area contributed by atoms with Gasteiger partial charge in [0.1, 0.15) is 12.2 Å². The molecule has 0 radical (unpaired) electrons. The first kappa shape index (κ1) is 29.4. The number of anilines is 1. The number of aromatic hydroxyl groups is 2. The number of carbonyl (C=O) groups is 3. The molecular weight excluding hydrogens is 558 g/mol. The number of hydrogen-bond acceptors (Lipinski definition) is 9. The van der Waals surface area contributed by atoms with Crippen molar-refractivity contribution in [2.24, 2.45) is 0 Å². The fourth-order valence-electron chi connectivity index (χ4n) is 5.69. The molecule has 224 valence electrons. The Labute approximate surface area is 248 Å². The summed E-state index contributed by atoms with van der Waals surface area (Å²) in [5.41, 5.74) is 8.14. The summed E-state index contributed by atoms with van der Waals surface area (Å²) in [5, 5.41) is 26.7. The number of para-hydroxylation sites is 1. The minimum Gasteiger partial charge on any atom is -0.504 e. The first-order chi connectivity index (χ1) is 20.2. The van der Waals surface area contributed by atoms with Gasteiger partial charge in [-0.05, 0) is 42.2 Å². The third-order valence-electron chi connectivity index (χ3n) is 7.70. The minimum atomic E-state index is -0.878. The lowest BCUT2D eigenvalue weighted by atomic mass is 9.99. The van der Waals surface area contributed by atoms with Crippen LogP contribution in [0.4, 0.5) is 9.93 Å². The second kappa shape index (κ2) is 12.4. The van der Waals surface area contributed by atoms with Crippen LogP contribution >= 0.6 is 11.3 Å². The number of fused-ring (bicyclic) bond motifs is 2. The number of nitrogens with zero attached hydrogens (tertiary/aromatic N) is 5. The zero-order valence-electron chi connectivity index (χ0n) is 23.8. The Balaban J connectivity index is 1.50. The second-order valence-corrected chi connectivity index (χ2v) is 11.7. The van der Waals surface area contributed by atoms with Crippen molar-refractivity contribution in [2.75, 3.05) is 31.9 Å². The highest BCUT2D eigenvalue weighted by molar-refractivity contribution is 7.22. The predicted molar refractivity (Wildman–Crippen MR) is 159 cm³/mol. The Hall–Kier alpha value is -4.10. The molecule has 2 atom stereocenters. The van der Waals surface area contributed by atoms with Gasteiger partial charge >= 0.3 is 6.03 Å². The standard InChI is InChI=1S/C29H37N7O5S/c1-3-5-11-31-29(41)34(12-4-2)35-17-25(39)36-20(13-18-9-10-21(37)22(38)14-18)27(40)33(16-24(35)36)15-19-7-6-8-23-26(19)32-28(30)42-23/h6-10,14,20,24,37-38H,3-5,11-13,15-17H2,1-2H3,(H2,30,32)(H,31,41)/t20-,24+/m0/s1. The van der Waals surface area contributed by atoms with E-state index in [0.717, 1.165) is 28.6 Å². The van der Waals surface area contributed by atoms with Gasteiger partial charge < -0.3 is 31.1 Å². The summed E-state index contributed by atoms with van der Waals surface area (Å²) in [4.78, 5) is 48.7. The fraction of sp³-hybridized carbons (Fsp3) is 0.448. The van der Waals surface area contributed by atoms with Gasteiger partial charge in [0, 0.05) is 26.1 Å². The molecule has 13 heteroatoms. The van der Waals surface area contributed by atoms with Gasteiger partial charge in [0.05, 0.1) is 23.3 Å². The van der Waals surface area contributed by atoms with E-state index in [4.69, 9.17) is 5.73 Å². The number of rotatable bonds is 10. The lowest BCUT2D eigenvalue weighted by molar-refractivity contribution is -0.157. The third-order valence-corrected chi connectivity index (χ3v) is 8.55. The van der Waals surface area contributed by atoms with E-state index in [0.29, 0.717) is 30.2 Å². The Morgan fingerprint density at radius 1 is 1.17 bits per heavy atom. The molecule has 5 N–H and O–H groups in total. The van der Waals surface area contributed by atoms with Gasteiger partial charge in [-0.2, -0.15) is 5.01 Å². The molecule has 2 aliphatic heterocycles. The molecule has 5 rings (SSSR count). The molecule has 3 heterocycles. The van der Waals surface area contributed by atoms with Gasteiger partial charge in [0.25, 0.3) is 0 Å². The van der Waals surface area contributed by atoms with E-state index in [2.05, 4.69) is 17.2 Å². The van der Waals surface area contributed by atoms with Gasteiger partial charge in [-0.15, -0.1) is 0 Å². The summed E-state index contributed by atoms with van der Waals surface area (Å²) in [5.74, 6) is -1.07. The number of nitrogen functional groups attached to an aromatic ring is 1. The van der Waals surface area contributed by atoms with Crippen molar-refractivity contribution in [1.82, 2.24) is 30.1 Å². The van der Waals surface area contributed by atoms with Crippen molar-refractivity contribution in [3.8, 4) is 11.5 Å². The van der Waals surface area contributed by atoms with Crippen molar-refractivity contribution in [3.05, 3.63) is 47.5 Å². The predicted octanol–water partition coefficient (Wildman–Crippen LogP) is 2.85. The highest BCUT2D eigenvalue weighted by atomic mass is 32.1. The number of carbonyl (C=O) groups excluding carboxylic acids is 3. The van der Waals surface area contributed by atoms with Crippen LogP contribution in [0.3, 0.4) is 0 Å². The number of piperazine rings is 1. The van der Waals surface area contributed by atoms with Gasteiger partial charge in [-0.3, -0.25) is 14.6 Å². The second-order valence-electron chi connectivity index (χ2n) is 10.7. The first-order valence-electron chi connectivity index (χ1n) is 14.3. The van der Waals surface area contributed by atoms with E-state index in [9.17, 15) is 24.6 Å². The van der Waals surface area contributed by atoms with Crippen LogP contribution in [0, 0.1) is 0 Å². The van der Waals surface area contributed by atoms with E-state index < -0.39 is 12.2 Å². The average Bonchev–Trinajstić information content (AvgIpc) is 3.50. The summed E-state index contributed by atoms with van der Waals surface area (Å²) >= 11 is 1.38. The molecule has 2 fully saturated rings. The summed E-state index contributed by atoms with van der Waals surface area (Å²) in [6.07, 6.45) is 2.02. The Morgan fingerprint density at radius 2 is 1.98 bits per heavy atom. The lowest BCUT2D eigenvalue weighted by Gasteiger charge is -2.46. The van der Waals surface area contributed by atoms with Crippen LogP contribution in [0.25, 0.3) is 10.2 Å². The van der Waals surface area contributed by atoms with Crippen LogP contribution in [0.2, 0.25) is 0 Å². The number of aromatic nitrogens is 1. The molecule has 2 saturated heterocycles. The highest BCUT2D eigenvalue weighted by Gasteiger charge is 2.52. The van der Waals surface area contributed by atoms with E-state index in [1.807, 2.05) is 25.1 Å². The van der Waals surface area contributed by atoms with Gasteiger partial charge in [-0.25, -0.2) is 9.78 Å². The number of nitrogens with one attached hydrogen (secondary N) is 1. The van der Waals surface area contributed by atoms with E-state index in [-0.39, 0.29) is 55.4 Å². The van der Waals surface area contributed by atoms with Gasteiger partial charge in [0.15, 0.2) is 16.6 Å². The number of hydrogen-bond donors (Lipinski definition) is 4. The maximum Gasteiger partial charge on any atom is 0.332 e. The lowest BCUT2D eigenvalue weighted by Crippen LogP contribution is -2.66. The molecule has 4 amide bonds. The van der Waals surface area contributed by atoms with Crippen LogP contribution in [-0.4, -0.2) is 91.2 Å². The van der Waals surface area contributed by atoms with Crippen LogP contribution in [0.5, 0.6) is 11.5 Å².